The summed E-state index contributed by atoms with van der Waals surface area (Å²) in [6.07, 6.45) is 0. The van der Waals surface area contributed by atoms with Gasteiger partial charge in [0.25, 0.3) is 0 Å². The van der Waals surface area contributed by atoms with Crippen molar-refractivity contribution in [2.75, 3.05) is 0 Å². The van der Waals surface area contributed by atoms with Crippen molar-refractivity contribution >= 4 is 5.97 Å². The summed E-state index contributed by atoms with van der Waals surface area (Å²) >= 11 is 0. The number of carboxylic acids is 1. The van der Waals surface area contributed by atoms with Gasteiger partial charge in [-0.25, -0.2) is 13.6 Å². The molecular formula is C11H8F2N2O2. The van der Waals surface area contributed by atoms with Gasteiger partial charge in [-0.1, -0.05) is 6.07 Å². The van der Waals surface area contributed by atoms with Crippen LogP contribution in [0.25, 0.3) is 11.3 Å². The molecule has 0 saturated carbocycles. The molecule has 0 amide bonds. The highest BCUT2D eigenvalue weighted by molar-refractivity contribution is 5.89. The molecule has 2 N–H and O–H groups in total. The molecule has 17 heavy (non-hydrogen) atoms. The molecule has 0 aliphatic heterocycles. The van der Waals surface area contributed by atoms with Gasteiger partial charge >= 0.3 is 5.97 Å². The lowest BCUT2D eigenvalue weighted by Gasteiger charge is -2.02. The zero-order valence-corrected chi connectivity index (χ0v) is 8.79. The first-order chi connectivity index (χ1) is 8.02. The van der Waals surface area contributed by atoms with Gasteiger partial charge in [0.1, 0.15) is 23.0 Å². The SMILES string of the molecule is Cc1c(-c2c(F)cccc2F)n[nH]c1C(=O)O. The second-order valence-electron chi connectivity index (χ2n) is 3.47. The number of aromatic nitrogens is 2. The van der Waals surface area contributed by atoms with Crippen LogP contribution in [0.2, 0.25) is 0 Å². The van der Waals surface area contributed by atoms with Gasteiger partial charge in [0.2, 0.25) is 0 Å². The van der Waals surface area contributed by atoms with E-state index >= 15 is 0 Å². The van der Waals surface area contributed by atoms with Gasteiger partial charge in [-0.05, 0) is 19.1 Å². The number of carbonyl (C=O) groups is 1. The normalized spacial score (nSPS) is 10.5. The quantitative estimate of drug-likeness (QED) is 0.844. The molecule has 2 aromatic rings. The Hall–Kier alpha value is -2.24. The Bertz CT molecular complexity index is 573. The van der Waals surface area contributed by atoms with Crippen LogP contribution in [-0.4, -0.2) is 21.3 Å². The lowest BCUT2D eigenvalue weighted by atomic mass is 10.1. The molecule has 6 heteroatoms. The number of aromatic amines is 1. The van der Waals surface area contributed by atoms with Crippen LogP contribution in [-0.2, 0) is 0 Å². The summed E-state index contributed by atoms with van der Waals surface area (Å²) in [5, 5.41) is 14.7. The minimum atomic E-state index is -1.22. The summed E-state index contributed by atoms with van der Waals surface area (Å²) in [6, 6.07) is 3.41. The predicted octanol–water partition coefficient (Wildman–Crippen LogP) is 2.36. The molecule has 0 aliphatic carbocycles. The van der Waals surface area contributed by atoms with E-state index in [0.717, 1.165) is 12.1 Å². The van der Waals surface area contributed by atoms with Crippen molar-refractivity contribution in [3.05, 3.63) is 41.1 Å². The molecule has 0 saturated heterocycles. The topological polar surface area (TPSA) is 66.0 Å². The van der Waals surface area contributed by atoms with Crippen molar-refractivity contribution < 1.29 is 18.7 Å². The molecule has 0 aliphatic rings. The standard InChI is InChI=1S/C11H8F2N2O2/c1-5-9(14-15-10(5)11(16)17)8-6(12)3-2-4-7(8)13/h2-4H,1H3,(H,14,15)(H,16,17). The summed E-state index contributed by atoms with van der Waals surface area (Å²) in [4.78, 5) is 10.8. The Balaban J connectivity index is 2.66. The highest BCUT2D eigenvalue weighted by atomic mass is 19.1. The molecule has 2 rings (SSSR count). The number of nitrogens with zero attached hydrogens (tertiary/aromatic N) is 1. The fourth-order valence-electron chi connectivity index (χ4n) is 1.57. The zero-order chi connectivity index (χ0) is 12.6. The van der Waals surface area contributed by atoms with E-state index < -0.39 is 17.6 Å². The van der Waals surface area contributed by atoms with Gasteiger partial charge in [-0.3, -0.25) is 5.10 Å². The first-order valence-corrected chi connectivity index (χ1v) is 4.75. The van der Waals surface area contributed by atoms with E-state index in [1.54, 1.807) is 0 Å². The summed E-state index contributed by atoms with van der Waals surface area (Å²) < 4.78 is 27.0. The lowest BCUT2D eigenvalue weighted by molar-refractivity contribution is 0.0689. The number of aromatic carboxylic acids is 1. The highest BCUT2D eigenvalue weighted by Crippen LogP contribution is 2.28. The fraction of sp³-hybridized carbons (Fsp3) is 0.0909. The number of hydrogen-bond donors (Lipinski definition) is 2. The third-order valence-electron chi connectivity index (χ3n) is 2.42. The van der Waals surface area contributed by atoms with E-state index in [1.807, 2.05) is 0 Å². The minimum absolute atomic E-state index is 0.0296. The monoisotopic (exact) mass is 238 g/mol. The largest absolute Gasteiger partial charge is 0.477 e. The molecule has 1 aromatic heterocycles. The highest BCUT2D eigenvalue weighted by Gasteiger charge is 2.20. The van der Waals surface area contributed by atoms with Crippen LogP contribution in [0, 0.1) is 18.6 Å². The van der Waals surface area contributed by atoms with Gasteiger partial charge in [0.05, 0.1) is 5.56 Å². The van der Waals surface area contributed by atoms with Crippen LogP contribution < -0.4 is 0 Å². The van der Waals surface area contributed by atoms with Gasteiger partial charge in [0.15, 0.2) is 0 Å². The van der Waals surface area contributed by atoms with Crippen LogP contribution in [0.1, 0.15) is 16.1 Å². The smallest absolute Gasteiger partial charge is 0.354 e. The Kier molecular flexibility index (Phi) is 2.63. The molecule has 0 unspecified atom stereocenters. The number of halogens is 2. The van der Waals surface area contributed by atoms with Crippen molar-refractivity contribution in [3.8, 4) is 11.3 Å². The van der Waals surface area contributed by atoms with Crippen molar-refractivity contribution in [3.63, 3.8) is 0 Å². The Labute approximate surface area is 94.9 Å². The van der Waals surface area contributed by atoms with Gasteiger partial charge in [-0.15, -0.1) is 0 Å². The van der Waals surface area contributed by atoms with Crippen LogP contribution in [0.4, 0.5) is 8.78 Å². The first kappa shape index (κ1) is 11.3. The first-order valence-electron chi connectivity index (χ1n) is 4.75. The summed E-state index contributed by atoms with van der Waals surface area (Å²) in [6.45, 7) is 1.44. The number of H-pyrrole nitrogens is 1. The van der Waals surface area contributed by atoms with E-state index in [-0.39, 0.29) is 22.5 Å². The Morgan fingerprint density at radius 2 is 1.94 bits per heavy atom. The van der Waals surface area contributed by atoms with Crippen molar-refractivity contribution in [2.45, 2.75) is 6.92 Å². The van der Waals surface area contributed by atoms with Crippen LogP contribution in [0.15, 0.2) is 18.2 Å². The third kappa shape index (κ3) is 1.77. The number of rotatable bonds is 2. The molecule has 1 heterocycles. The molecule has 4 nitrogen and oxygen atoms in total. The zero-order valence-electron chi connectivity index (χ0n) is 8.79. The van der Waals surface area contributed by atoms with Gasteiger partial charge in [0, 0.05) is 5.56 Å². The lowest BCUT2D eigenvalue weighted by Crippen LogP contribution is -1.99. The summed E-state index contributed by atoms with van der Waals surface area (Å²) in [5.74, 6) is -2.79. The van der Waals surface area contributed by atoms with Crippen molar-refractivity contribution in [1.29, 1.82) is 0 Å². The maximum Gasteiger partial charge on any atom is 0.354 e. The molecule has 1 aromatic carbocycles. The molecule has 0 radical (unpaired) electrons. The number of nitrogens with one attached hydrogen (secondary N) is 1. The maximum atomic E-state index is 13.5. The maximum absolute atomic E-state index is 13.5. The molecular weight excluding hydrogens is 230 g/mol. The summed E-state index contributed by atoms with van der Waals surface area (Å²) in [5.41, 5.74) is -0.337. The minimum Gasteiger partial charge on any atom is -0.477 e. The third-order valence-corrected chi connectivity index (χ3v) is 2.42. The molecule has 0 bridgehead atoms. The fourth-order valence-corrected chi connectivity index (χ4v) is 1.57. The van der Waals surface area contributed by atoms with E-state index in [9.17, 15) is 13.6 Å². The number of carboxylic acid groups (broad SMARTS) is 1. The van der Waals surface area contributed by atoms with Gasteiger partial charge < -0.3 is 5.11 Å². The molecule has 0 atom stereocenters. The van der Waals surface area contributed by atoms with Gasteiger partial charge in [-0.2, -0.15) is 5.10 Å². The average Bonchev–Trinajstić information content (AvgIpc) is 2.61. The van der Waals surface area contributed by atoms with Crippen LogP contribution in [0.5, 0.6) is 0 Å². The predicted molar refractivity (Wildman–Crippen MR) is 55.6 cm³/mol. The Morgan fingerprint density at radius 3 is 2.41 bits per heavy atom. The average molecular weight is 238 g/mol. The molecule has 88 valence electrons. The number of benzene rings is 1. The van der Waals surface area contributed by atoms with E-state index in [4.69, 9.17) is 5.11 Å². The van der Waals surface area contributed by atoms with Crippen LogP contribution in [0.3, 0.4) is 0 Å². The second-order valence-corrected chi connectivity index (χ2v) is 3.47. The summed E-state index contributed by atoms with van der Waals surface area (Å²) in [7, 11) is 0. The Morgan fingerprint density at radius 1 is 1.35 bits per heavy atom. The van der Waals surface area contributed by atoms with Crippen molar-refractivity contribution in [1.82, 2.24) is 10.2 Å². The second kappa shape index (κ2) is 3.97. The van der Waals surface area contributed by atoms with E-state index in [2.05, 4.69) is 10.2 Å². The molecule has 0 fully saturated rings. The molecule has 0 spiro atoms. The number of hydrogen-bond acceptors (Lipinski definition) is 2. The van der Waals surface area contributed by atoms with E-state index in [1.165, 1.54) is 13.0 Å². The van der Waals surface area contributed by atoms with E-state index in [0.29, 0.717) is 0 Å². The van der Waals surface area contributed by atoms with Crippen LogP contribution >= 0.6 is 0 Å². The van der Waals surface area contributed by atoms with Crippen molar-refractivity contribution in [2.24, 2.45) is 0 Å².